The van der Waals surface area contributed by atoms with E-state index in [1.165, 1.54) is 0 Å². The van der Waals surface area contributed by atoms with Crippen molar-refractivity contribution in [3.63, 3.8) is 0 Å². The minimum Gasteiger partial charge on any atom is -0.361 e. The summed E-state index contributed by atoms with van der Waals surface area (Å²) in [6.45, 7) is 5.30. The molecule has 4 rings (SSSR count). The Labute approximate surface area is 157 Å². The molecule has 2 N–H and O–H groups in total. The van der Waals surface area contributed by atoms with Gasteiger partial charge in [0.15, 0.2) is 5.82 Å². The van der Waals surface area contributed by atoms with Crippen molar-refractivity contribution in [1.29, 1.82) is 0 Å². The maximum atomic E-state index is 13.2. The predicted molar refractivity (Wildman–Crippen MR) is 98.5 cm³/mol. The van der Waals surface area contributed by atoms with Gasteiger partial charge in [0, 0.05) is 35.7 Å². The van der Waals surface area contributed by atoms with Crippen molar-refractivity contribution in [3.05, 3.63) is 47.3 Å². The van der Waals surface area contributed by atoms with Crippen molar-refractivity contribution < 1.29 is 12.9 Å². The third kappa shape index (κ3) is 3.40. The fraction of sp³-hybridized carbons (Fsp3) is 0.389. The number of rotatable bonds is 6. The number of hydrogen-bond donors (Lipinski definition) is 2. The molecule has 9 heteroatoms. The Morgan fingerprint density at radius 2 is 2.07 bits per heavy atom. The Morgan fingerprint density at radius 3 is 2.74 bits per heavy atom. The summed E-state index contributed by atoms with van der Waals surface area (Å²) >= 11 is 0. The Hall–Kier alpha value is -2.52. The van der Waals surface area contributed by atoms with Gasteiger partial charge in [0.25, 0.3) is 5.89 Å². The first-order valence-corrected chi connectivity index (χ1v) is 10.3. The molecule has 142 valence electrons. The van der Waals surface area contributed by atoms with E-state index in [0.29, 0.717) is 28.7 Å². The lowest BCUT2D eigenvalue weighted by molar-refractivity contribution is 0.421. The summed E-state index contributed by atoms with van der Waals surface area (Å²) in [4.78, 5) is 11.7. The molecule has 8 nitrogen and oxygen atoms in total. The highest BCUT2D eigenvalue weighted by atomic mass is 32.2. The van der Waals surface area contributed by atoms with Crippen LogP contribution in [0.4, 0.5) is 0 Å². The highest BCUT2D eigenvalue weighted by Gasteiger charge is 2.33. The number of H-pyrrole nitrogens is 1. The summed E-state index contributed by atoms with van der Waals surface area (Å²) in [6, 6.07) is 3.17. The van der Waals surface area contributed by atoms with Crippen LogP contribution in [0.1, 0.15) is 54.5 Å². The molecule has 0 aliphatic heterocycles. The summed E-state index contributed by atoms with van der Waals surface area (Å²) < 4.78 is 34.4. The number of sulfonamides is 1. The van der Waals surface area contributed by atoms with Gasteiger partial charge < -0.3 is 9.51 Å². The Bertz CT molecular complexity index is 1070. The van der Waals surface area contributed by atoms with Crippen molar-refractivity contribution in [2.24, 2.45) is 0 Å². The summed E-state index contributed by atoms with van der Waals surface area (Å²) in [7, 11) is -3.83. The summed E-state index contributed by atoms with van der Waals surface area (Å²) in [6.07, 6.45) is 5.37. The van der Waals surface area contributed by atoms with E-state index in [1.54, 1.807) is 39.2 Å². The van der Waals surface area contributed by atoms with Crippen LogP contribution in [0.15, 0.2) is 33.9 Å². The third-order valence-corrected chi connectivity index (χ3v) is 6.41. The van der Waals surface area contributed by atoms with Crippen LogP contribution in [-0.4, -0.2) is 28.5 Å². The number of nitrogens with zero attached hydrogens (tertiary/aromatic N) is 3. The van der Waals surface area contributed by atoms with E-state index in [9.17, 15) is 8.42 Å². The van der Waals surface area contributed by atoms with E-state index in [1.807, 2.05) is 6.07 Å². The fourth-order valence-electron chi connectivity index (χ4n) is 3.19. The molecule has 0 amide bonds. The number of pyridine rings is 1. The fourth-order valence-corrected chi connectivity index (χ4v) is 4.87. The molecule has 1 aliphatic rings. The van der Waals surface area contributed by atoms with Crippen LogP contribution < -0.4 is 4.72 Å². The molecule has 0 bridgehead atoms. The standard InChI is InChI=1S/C18H21N5O3S/c1-10(14-5-4-8-19-9-14)23-27(24,25)16-12(3)20-11(2)15(16)18-21-17(22-26-18)13-6-7-13/h4-5,8-10,13,20,23H,6-7H2,1-3H3. The molecule has 0 spiro atoms. The van der Waals surface area contributed by atoms with Gasteiger partial charge in [0.1, 0.15) is 4.90 Å². The summed E-state index contributed by atoms with van der Waals surface area (Å²) in [5.41, 5.74) is 2.41. The van der Waals surface area contributed by atoms with Gasteiger partial charge in [-0.3, -0.25) is 4.98 Å². The molecule has 1 fully saturated rings. The smallest absolute Gasteiger partial charge is 0.261 e. The zero-order chi connectivity index (χ0) is 19.2. The molecule has 3 aromatic rings. The molecule has 1 saturated carbocycles. The van der Waals surface area contributed by atoms with Crippen LogP contribution in [0.2, 0.25) is 0 Å². The number of aromatic amines is 1. The number of hydrogen-bond acceptors (Lipinski definition) is 6. The molecular weight excluding hydrogens is 366 g/mol. The van der Waals surface area contributed by atoms with Crippen molar-refractivity contribution in [2.75, 3.05) is 0 Å². The van der Waals surface area contributed by atoms with Gasteiger partial charge >= 0.3 is 0 Å². The van der Waals surface area contributed by atoms with Crippen molar-refractivity contribution >= 4 is 10.0 Å². The predicted octanol–water partition coefficient (Wildman–Crippen LogP) is 2.99. The Morgan fingerprint density at radius 1 is 1.30 bits per heavy atom. The SMILES string of the molecule is Cc1[nH]c(C)c(S(=O)(=O)NC(C)c2cccnc2)c1-c1nc(C2CC2)no1. The topological polar surface area (TPSA) is 114 Å². The number of aryl methyl sites for hydroxylation is 2. The second-order valence-corrected chi connectivity index (χ2v) is 8.59. The minimum absolute atomic E-state index is 0.140. The maximum absolute atomic E-state index is 13.2. The lowest BCUT2D eigenvalue weighted by Crippen LogP contribution is -2.27. The van der Waals surface area contributed by atoms with Gasteiger partial charge in [0.05, 0.1) is 5.56 Å². The lowest BCUT2D eigenvalue weighted by atomic mass is 10.2. The van der Waals surface area contributed by atoms with Gasteiger partial charge in [-0.05, 0) is 45.2 Å². The van der Waals surface area contributed by atoms with E-state index in [0.717, 1.165) is 18.4 Å². The van der Waals surface area contributed by atoms with Crippen LogP contribution in [0.3, 0.4) is 0 Å². The average Bonchev–Trinajstić information content (AvgIpc) is 3.28. The first kappa shape index (κ1) is 17.9. The van der Waals surface area contributed by atoms with E-state index < -0.39 is 16.1 Å². The first-order chi connectivity index (χ1) is 12.9. The van der Waals surface area contributed by atoms with Crippen molar-refractivity contribution in [3.8, 4) is 11.5 Å². The maximum Gasteiger partial charge on any atom is 0.261 e. The molecule has 0 saturated heterocycles. The molecule has 3 heterocycles. The van der Waals surface area contributed by atoms with E-state index in [-0.39, 0.29) is 10.8 Å². The Balaban J connectivity index is 1.71. The van der Waals surface area contributed by atoms with Crippen LogP contribution in [0.5, 0.6) is 0 Å². The molecule has 1 aliphatic carbocycles. The second kappa shape index (κ2) is 6.58. The van der Waals surface area contributed by atoms with Crippen molar-refractivity contribution in [2.45, 2.75) is 50.5 Å². The van der Waals surface area contributed by atoms with Gasteiger partial charge in [-0.2, -0.15) is 4.98 Å². The number of nitrogens with one attached hydrogen (secondary N) is 2. The molecule has 27 heavy (non-hydrogen) atoms. The van der Waals surface area contributed by atoms with Crippen LogP contribution >= 0.6 is 0 Å². The molecule has 0 radical (unpaired) electrons. The molecular formula is C18H21N5O3S. The molecule has 3 aromatic heterocycles. The van der Waals surface area contributed by atoms with E-state index in [2.05, 4.69) is 24.8 Å². The number of aromatic nitrogens is 4. The minimum atomic E-state index is -3.83. The van der Waals surface area contributed by atoms with Crippen LogP contribution in [0.25, 0.3) is 11.5 Å². The zero-order valence-corrected chi connectivity index (χ0v) is 16.2. The van der Waals surface area contributed by atoms with E-state index >= 15 is 0 Å². The van der Waals surface area contributed by atoms with Crippen molar-refractivity contribution in [1.82, 2.24) is 24.8 Å². The van der Waals surface area contributed by atoms with Gasteiger partial charge in [-0.15, -0.1) is 0 Å². The Kier molecular flexibility index (Phi) is 4.35. The highest BCUT2D eigenvalue weighted by molar-refractivity contribution is 7.89. The van der Waals surface area contributed by atoms with Gasteiger partial charge in [0.2, 0.25) is 10.0 Å². The highest BCUT2D eigenvalue weighted by Crippen LogP contribution is 2.40. The average molecular weight is 387 g/mol. The van der Waals surface area contributed by atoms with Gasteiger partial charge in [-0.1, -0.05) is 11.2 Å². The normalized spacial score (nSPS) is 15.8. The molecule has 1 unspecified atom stereocenters. The van der Waals surface area contributed by atoms with Crippen LogP contribution in [0, 0.1) is 13.8 Å². The van der Waals surface area contributed by atoms with Gasteiger partial charge in [-0.25, -0.2) is 13.1 Å². The first-order valence-electron chi connectivity index (χ1n) is 8.82. The third-order valence-electron chi connectivity index (χ3n) is 4.70. The lowest BCUT2D eigenvalue weighted by Gasteiger charge is -2.15. The monoisotopic (exact) mass is 387 g/mol. The van der Waals surface area contributed by atoms with E-state index in [4.69, 9.17) is 4.52 Å². The van der Waals surface area contributed by atoms with Crippen LogP contribution in [-0.2, 0) is 10.0 Å². The molecule has 0 aromatic carbocycles. The second-order valence-electron chi connectivity index (χ2n) is 6.94. The summed E-state index contributed by atoms with van der Waals surface area (Å²) in [5.74, 6) is 1.20. The largest absolute Gasteiger partial charge is 0.361 e. The quantitative estimate of drug-likeness (QED) is 0.672. The summed E-state index contributed by atoms with van der Waals surface area (Å²) in [5, 5.41) is 4.01. The zero-order valence-electron chi connectivity index (χ0n) is 15.4. The molecule has 1 atom stereocenters.